The molecule has 1 aliphatic heterocycles. The van der Waals surface area contributed by atoms with E-state index in [1.54, 1.807) is 4.31 Å². The van der Waals surface area contributed by atoms with Gasteiger partial charge in [-0.25, -0.2) is 9.97 Å². The highest BCUT2D eigenvalue weighted by atomic mass is 32.2. The molecule has 0 amide bonds. The first-order valence-electron chi connectivity index (χ1n) is 6.89. The van der Waals surface area contributed by atoms with Crippen molar-refractivity contribution in [2.24, 2.45) is 0 Å². The Balaban J connectivity index is 2.09. The van der Waals surface area contributed by atoms with Crippen molar-refractivity contribution in [1.29, 1.82) is 0 Å². The maximum Gasteiger partial charge on any atom is 0.302 e. The summed E-state index contributed by atoms with van der Waals surface area (Å²) < 4.78 is 29.0. The minimum Gasteiger partial charge on any atom is -0.315 e. The van der Waals surface area contributed by atoms with E-state index in [9.17, 15) is 8.42 Å². The lowest BCUT2D eigenvalue weighted by molar-refractivity contribution is 0.248. The molecule has 1 aromatic heterocycles. The fourth-order valence-corrected chi connectivity index (χ4v) is 3.83. The van der Waals surface area contributed by atoms with E-state index < -0.39 is 10.2 Å². The summed E-state index contributed by atoms with van der Waals surface area (Å²) in [5.74, 6) is 0. The number of aromatic nitrogens is 2. The third-order valence-electron chi connectivity index (χ3n) is 3.32. The second kappa shape index (κ2) is 6.96. The molecule has 0 spiro atoms. The molecule has 2 rings (SSSR count). The van der Waals surface area contributed by atoms with Crippen LogP contribution in [-0.4, -0.2) is 48.4 Å². The van der Waals surface area contributed by atoms with Gasteiger partial charge in [-0.15, -0.1) is 0 Å². The topological polar surface area (TPSA) is 87.2 Å². The molecular weight excluding hydrogens is 278 g/mol. The second-order valence-corrected chi connectivity index (χ2v) is 6.43. The zero-order valence-electron chi connectivity index (χ0n) is 11.6. The third-order valence-corrected chi connectivity index (χ3v) is 4.91. The zero-order chi connectivity index (χ0) is 14.4. The van der Waals surface area contributed by atoms with Crippen LogP contribution in [0, 0.1) is 0 Å². The Morgan fingerprint density at radius 2 is 2.10 bits per heavy atom. The fraction of sp³-hybridized carbons (Fsp3) is 0.667. The van der Waals surface area contributed by atoms with Gasteiger partial charge in [0.05, 0.1) is 18.1 Å². The minimum atomic E-state index is -3.55. The molecule has 2 heterocycles. The average molecular weight is 299 g/mol. The SMILES string of the molecule is CCNCC1CCCCN1S(=O)(=O)Nc1cncnc1. The number of anilines is 1. The first kappa shape index (κ1) is 15.1. The van der Waals surface area contributed by atoms with Crippen LogP contribution in [0.1, 0.15) is 26.2 Å². The number of nitrogens with one attached hydrogen (secondary N) is 2. The van der Waals surface area contributed by atoms with Gasteiger partial charge in [-0.2, -0.15) is 12.7 Å². The predicted molar refractivity (Wildman–Crippen MR) is 77.5 cm³/mol. The fourth-order valence-electron chi connectivity index (χ4n) is 2.36. The summed E-state index contributed by atoms with van der Waals surface area (Å²) in [6.45, 7) is 4.09. The van der Waals surface area contributed by atoms with Crippen molar-refractivity contribution >= 4 is 15.9 Å². The molecule has 1 aromatic rings. The van der Waals surface area contributed by atoms with Gasteiger partial charge in [0.15, 0.2) is 0 Å². The maximum atomic E-state index is 12.5. The van der Waals surface area contributed by atoms with E-state index in [1.165, 1.54) is 18.7 Å². The van der Waals surface area contributed by atoms with E-state index in [0.29, 0.717) is 18.8 Å². The molecule has 0 saturated carbocycles. The third kappa shape index (κ3) is 3.87. The summed E-state index contributed by atoms with van der Waals surface area (Å²) in [5.41, 5.74) is 0.389. The smallest absolute Gasteiger partial charge is 0.302 e. The monoisotopic (exact) mass is 299 g/mol. The molecule has 112 valence electrons. The van der Waals surface area contributed by atoms with E-state index in [2.05, 4.69) is 20.0 Å². The number of rotatable bonds is 6. The summed E-state index contributed by atoms with van der Waals surface area (Å²) in [6, 6.07) is 0.00540. The van der Waals surface area contributed by atoms with Gasteiger partial charge in [-0.05, 0) is 19.4 Å². The van der Waals surface area contributed by atoms with Crippen LogP contribution >= 0.6 is 0 Å². The van der Waals surface area contributed by atoms with Gasteiger partial charge < -0.3 is 5.32 Å². The quantitative estimate of drug-likeness (QED) is 0.803. The van der Waals surface area contributed by atoms with Crippen molar-refractivity contribution in [2.45, 2.75) is 32.2 Å². The van der Waals surface area contributed by atoms with E-state index >= 15 is 0 Å². The highest BCUT2D eigenvalue weighted by Gasteiger charge is 2.31. The summed E-state index contributed by atoms with van der Waals surface area (Å²) in [6.07, 6.45) is 7.12. The Bertz CT molecular complexity index is 508. The first-order valence-corrected chi connectivity index (χ1v) is 8.33. The maximum absolute atomic E-state index is 12.5. The van der Waals surface area contributed by atoms with Crippen molar-refractivity contribution in [2.75, 3.05) is 24.4 Å². The molecule has 1 aliphatic rings. The molecule has 0 radical (unpaired) electrons. The highest BCUT2D eigenvalue weighted by molar-refractivity contribution is 7.90. The second-order valence-electron chi connectivity index (χ2n) is 4.80. The van der Waals surface area contributed by atoms with Crippen LogP contribution in [0.2, 0.25) is 0 Å². The van der Waals surface area contributed by atoms with Gasteiger partial charge >= 0.3 is 10.2 Å². The summed E-state index contributed by atoms with van der Waals surface area (Å²) in [5, 5.41) is 3.23. The summed E-state index contributed by atoms with van der Waals surface area (Å²) in [7, 11) is -3.55. The average Bonchev–Trinajstić information content (AvgIpc) is 2.46. The molecule has 7 nitrogen and oxygen atoms in total. The van der Waals surface area contributed by atoms with Crippen LogP contribution in [-0.2, 0) is 10.2 Å². The number of likely N-dealkylation sites (N-methyl/N-ethyl adjacent to an activating group) is 1. The molecule has 0 aliphatic carbocycles. The number of nitrogens with zero attached hydrogens (tertiary/aromatic N) is 3. The molecule has 1 atom stereocenters. The largest absolute Gasteiger partial charge is 0.315 e. The van der Waals surface area contributed by atoms with Gasteiger partial charge in [0.25, 0.3) is 0 Å². The van der Waals surface area contributed by atoms with Crippen LogP contribution in [0.3, 0.4) is 0 Å². The van der Waals surface area contributed by atoms with Crippen LogP contribution in [0.15, 0.2) is 18.7 Å². The predicted octanol–water partition coefficient (Wildman–Crippen LogP) is 0.597. The standard InChI is InChI=1S/C12H21N5O2S/c1-2-13-9-12-5-3-4-6-17(12)20(18,19)16-11-7-14-10-15-8-11/h7-8,10,12-13,16H,2-6,9H2,1H3. The van der Waals surface area contributed by atoms with E-state index in [0.717, 1.165) is 25.8 Å². The Kier molecular flexibility index (Phi) is 5.27. The number of hydrogen-bond donors (Lipinski definition) is 2. The molecule has 0 aromatic carbocycles. The summed E-state index contributed by atoms with van der Waals surface area (Å²) in [4.78, 5) is 7.63. The van der Waals surface area contributed by atoms with Crippen LogP contribution in [0.25, 0.3) is 0 Å². The molecule has 20 heavy (non-hydrogen) atoms. The van der Waals surface area contributed by atoms with Crippen LogP contribution in [0.5, 0.6) is 0 Å². The van der Waals surface area contributed by atoms with Crippen molar-refractivity contribution in [3.63, 3.8) is 0 Å². The van der Waals surface area contributed by atoms with Crippen LogP contribution < -0.4 is 10.0 Å². The lowest BCUT2D eigenvalue weighted by Gasteiger charge is -2.34. The molecular formula is C12H21N5O2S. The molecule has 1 unspecified atom stereocenters. The molecule has 8 heteroatoms. The molecule has 0 bridgehead atoms. The van der Waals surface area contributed by atoms with Gasteiger partial charge in [-0.1, -0.05) is 13.3 Å². The molecule has 2 N–H and O–H groups in total. The van der Waals surface area contributed by atoms with Gasteiger partial charge in [0, 0.05) is 19.1 Å². The number of piperidine rings is 1. The normalized spacial score (nSPS) is 20.8. The van der Waals surface area contributed by atoms with Crippen molar-refractivity contribution in [1.82, 2.24) is 19.6 Å². The lowest BCUT2D eigenvalue weighted by atomic mass is 10.1. The first-order chi connectivity index (χ1) is 9.63. The Hall–Kier alpha value is -1.25. The Labute approximate surface area is 120 Å². The molecule has 1 saturated heterocycles. The van der Waals surface area contributed by atoms with Gasteiger partial charge in [0.2, 0.25) is 0 Å². The Morgan fingerprint density at radius 3 is 2.80 bits per heavy atom. The van der Waals surface area contributed by atoms with Crippen molar-refractivity contribution in [3.8, 4) is 0 Å². The lowest BCUT2D eigenvalue weighted by Crippen LogP contribution is -2.50. The Morgan fingerprint density at radius 1 is 1.35 bits per heavy atom. The highest BCUT2D eigenvalue weighted by Crippen LogP contribution is 2.21. The minimum absolute atomic E-state index is 0.00540. The van der Waals surface area contributed by atoms with E-state index in [-0.39, 0.29) is 6.04 Å². The van der Waals surface area contributed by atoms with E-state index in [1.807, 2.05) is 6.92 Å². The van der Waals surface area contributed by atoms with Crippen LogP contribution in [0.4, 0.5) is 5.69 Å². The van der Waals surface area contributed by atoms with Crippen molar-refractivity contribution in [3.05, 3.63) is 18.7 Å². The van der Waals surface area contributed by atoms with Gasteiger partial charge in [0.1, 0.15) is 6.33 Å². The molecule has 1 fully saturated rings. The van der Waals surface area contributed by atoms with Crippen molar-refractivity contribution < 1.29 is 8.42 Å². The number of hydrogen-bond acceptors (Lipinski definition) is 5. The van der Waals surface area contributed by atoms with E-state index in [4.69, 9.17) is 0 Å². The summed E-state index contributed by atoms with van der Waals surface area (Å²) >= 11 is 0. The van der Waals surface area contributed by atoms with Gasteiger partial charge in [-0.3, -0.25) is 4.72 Å². The zero-order valence-corrected chi connectivity index (χ0v) is 12.4.